The summed E-state index contributed by atoms with van der Waals surface area (Å²) in [4.78, 5) is 7.56. The lowest BCUT2D eigenvalue weighted by Crippen LogP contribution is -2.43. The predicted octanol–water partition coefficient (Wildman–Crippen LogP) is 6.37. The van der Waals surface area contributed by atoms with Crippen molar-refractivity contribution in [3.63, 3.8) is 0 Å². The molecule has 0 amide bonds. The fraction of sp³-hybridized carbons (Fsp3) is 0.130. The molecule has 9 heteroatoms. The molecule has 0 saturated heterocycles. The molecule has 0 unspecified atom stereocenters. The Hall–Kier alpha value is -3.52. The van der Waals surface area contributed by atoms with Crippen LogP contribution in [0.5, 0.6) is 5.75 Å². The third kappa shape index (κ3) is 4.70. The van der Waals surface area contributed by atoms with Gasteiger partial charge in [-0.1, -0.05) is 41.9 Å². The van der Waals surface area contributed by atoms with Crippen LogP contribution in [0.25, 0.3) is 5.70 Å². The summed E-state index contributed by atoms with van der Waals surface area (Å²) >= 11 is 6.01. The molecule has 1 aliphatic rings. The highest BCUT2D eigenvalue weighted by Gasteiger charge is 2.47. The normalized spacial score (nSPS) is 12.8. The zero-order valence-electron chi connectivity index (χ0n) is 17.3. The molecule has 0 spiro atoms. The highest BCUT2D eigenvalue weighted by molar-refractivity contribution is 6.33. The lowest BCUT2D eigenvalue weighted by Gasteiger charge is -2.30. The number of benzene rings is 3. The summed E-state index contributed by atoms with van der Waals surface area (Å²) in [6.45, 7) is 0. The van der Waals surface area contributed by atoms with Crippen LogP contribution in [0.4, 0.5) is 30.2 Å². The van der Waals surface area contributed by atoms with Gasteiger partial charge in [0.2, 0.25) is 0 Å². The van der Waals surface area contributed by atoms with E-state index in [1.54, 1.807) is 30.3 Å². The highest BCUT2D eigenvalue weighted by Crippen LogP contribution is 2.44. The molecular weight excluding hydrogens is 441 g/mol. The van der Waals surface area contributed by atoms with Crippen molar-refractivity contribution in [3.05, 3.63) is 89.6 Å². The van der Waals surface area contributed by atoms with Crippen molar-refractivity contribution in [2.45, 2.75) is 6.30 Å². The minimum Gasteiger partial charge on any atom is -0.382 e. The van der Waals surface area contributed by atoms with Crippen LogP contribution in [0.3, 0.4) is 0 Å². The Morgan fingerprint density at radius 2 is 1.66 bits per heavy atom. The molecule has 5 nitrogen and oxygen atoms in total. The Labute approximate surface area is 188 Å². The maximum atomic E-state index is 13.7. The zero-order chi connectivity index (χ0) is 22.9. The van der Waals surface area contributed by atoms with Crippen LogP contribution >= 0.6 is 11.6 Å². The van der Waals surface area contributed by atoms with Gasteiger partial charge in [-0.25, -0.2) is 10.5 Å². The smallest absolute Gasteiger partial charge is 0.382 e. The largest absolute Gasteiger partial charge is 0.503 e. The molecule has 3 aromatic rings. The van der Waals surface area contributed by atoms with Crippen LogP contribution in [0.2, 0.25) is 5.02 Å². The molecule has 4 rings (SSSR count). The number of halogens is 4. The Kier molecular flexibility index (Phi) is 5.80. The molecule has 0 atom stereocenters. The number of hydrogen-bond donors (Lipinski definition) is 1. The fourth-order valence-corrected chi connectivity index (χ4v) is 3.33. The van der Waals surface area contributed by atoms with Gasteiger partial charge in [0.25, 0.3) is 0 Å². The van der Waals surface area contributed by atoms with Gasteiger partial charge in [-0.3, -0.25) is 0 Å². The standard InChI is InChI=1S/C23H20ClF3N4O/c1-29(2)18-6-5-7-19(14-18)32-28-17-12-10-16(11-13-17)22-15-30(22)31(23(25,26)27)21-9-4-3-8-20(21)24/h3-15,28H,1-2H3. The Bertz CT molecular complexity index is 1130. The first-order chi connectivity index (χ1) is 15.2. The molecule has 1 heterocycles. The molecule has 0 aromatic heterocycles. The van der Waals surface area contributed by atoms with E-state index in [9.17, 15) is 13.2 Å². The predicted molar refractivity (Wildman–Crippen MR) is 121 cm³/mol. The van der Waals surface area contributed by atoms with Gasteiger partial charge in [0.1, 0.15) is 0 Å². The zero-order valence-corrected chi connectivity index (χ0v) is 18.0. The second-order valence-electron chi connectivity index (χ2n) is 7.26. The molecule has 0 radical (unpaired) electrons. The number of rotatable bonds is 7. The first-order valence-electron chi connectivity index (χ1n) is 9.67. The van der Waals surface area contributed by atoms with Crippen LogP contribution in [-0.2, 0) is 0 Å². The Morgan fingerprint density at radius 3 is 2.31 bits per heavy atom. The highest BCUT2D eigenvalue weighted by atomic mass is 35.5. The SMILES string of the molecule is CN(C)c1cccc(ONc2ccc(C3=CN3N(c3ccccc3Cl)C(F)(F)F)cc2)c1. The minimum atomic E-state index is -4.64. The topological polar surface area (TPSA) is 30.8 Å². The molecule has 0 bridgehead atoms. The van der Waals surface area contributed by atoms with E-state index in [1.165, 1.54) is 24.4 Å². The van der Waals surface area contributed by atoms with Crippen LogP contribution in [0.1, 0.15) is 5.56 Å². The van der Waals surface area contributed by atoms with E-state index in [4.69, 9.17) is 16.4 Å². The van der Waals surface area contributed by atoms with E-state index >= 15 is 0 Å². The van der Waals surface area contributed by atoms with Crippen molar-refractivity contribution < 1.29 is 18.0 Å². The average Bonchev–Trinajstić information content (AvgIpc) is 3.53. The Balaban J connectivity index is 1.43. The quantitative estimate of drug-likeness (QED) is 0.327. The second-order valence-corrected chi connectivity index (χ2v) is 7.67. The van der Waals surface area contributed by atoms with E-state index in [0.29, 0.717) is 22.7 Å². The number of hydrazine groups is 1. The monoisotopic (exact) mass is 460 g/mol. The molecule has 0 fully saturated rings. The second kappa shape index (κ2) is 8.55. The molecule has 166 valence electrons. The molecule has 0 saturated carbocycles. The number of nitrogens with zero attached hydrogens (tertiary/aromatic N) is 3. The first-order valence-corrected chi connectivity index (χ1v) is 10.0. The lowest BCUT2D eigenvalue weighted by molar-refractivity contribution is -0.145. The van der Waals surface area contributed by atoms with E-state index in [1.807, 2.05) is 43.3 Å². The molecule has 1 N–H and O–H groups in total. The average molecular weight is 461 g/mol. The van der Waals surface area contributed by atoms with Crippen molar-refractivity contribution in [3.8, 4) is 5.75 Å². The van der Waals surface area contributed by atoms with Gasteiger partial charge < -0.3 is 9.74 Å². The minimum absolute atomic E-state index is 0.0134. The van der Waals surface area contributed by atoms with Crippen LogP contribution in [0, 0.1) is 0 Å². The third-order valence-electron chi connectivity index (χ3n) is 4.76. The van der Waals surface area contributed by atoms with E-state index in [-0.39, 0.29) is 15.7 Å². The summed E-state index contributed by atoms with van der Waals surface area (Å²) in [5.41, 5.74) is 5.42. The summed E-state index contributed by atoms with van der Waals surface area (Å²) < 4.78 is 41.2. The fourth-order valence-electron chi connectivity index (χ4n) is 3.11. The van der Waals surface area contributed by atoms with Crippen molar-refractivity contribution >= 4 is 34.4 Å². The summed E-state index contributed by atoms with van der Waals surface area (Å²) in [6, 6.07) is 20.3. The van der Waals surface area contributed by atoms with Crippen LogP contribution in [-0.4, -0.2) is 25.4 Å². The van der Waals surface area contributed by atoms with Gasteiger partial charge in [0.05, 0.1) is 28.3 Å². The van der Waals surface area contributed by atoms with Gasteiger partial charge in [-0.05, 0) is 36.4 Å². The number of hydrogen-bond acceptors (Lipinski definition) is 5. The molecule has 32 heavy (non-hydrogen) atoms. The molecule has 0 aliphatic carbocycles. The van der Waals surface area contributed by atoms with Gasteiger partial charge in [-0.15, -0.1) is 13.2 Å². The summed E-state index contributed by atoms with van der Waals surface area (Å²) in [5, 5.41) is 1.27. The maximum absolute atomic E-state index is 13.7. The van der Waals surface area contributed by atoms with Gasteiger partial charge in [-0.2, -0.15) is 5.01 Å². The van der Waals surface area contributed by atoms with Crippen LogP contribution < -0.4 is 20.2 Å². The first kappa shape index (κ1) is 21.7. The third-order valence-corrected chi connectivity index (χ3v) is 5.08. The number of para-hydroxylation sites is 1. The van der Waals surface area contributed by atoms with Crippen molar-refractivity contribution in [2.75, 3.05) is 29.5 Å². The van der Waals surface area contributed by atoms with Gasteiger partial charge in [0, 0.05) is 31.4 Å². The summed E-state index contributed by atoms with van der Waals surface area (Å²) in [5.74, 6) is 0.636. The van der Waals surface area contributed by atoms with Crippen molar-refractivity contribution in [2.24, 2.45) is 0 Å². The number of nitrogens with one attached hydrogen (secondary N) is 1. The van der Waals surface area contributed by atoms with E-state index in [0.717, 1.165) is 10.7 Å². The number of anilines is 3. The number of alkyl halides is 3. The molecular formula is C23H20ClF3N4O. The van der Waals surface area contributed by atoms with Crippen LogP contribution in [0.15, 0.2) is 79.0 Å². The van der Waals surface area contributed by atoms with E-state index < -0.39 is 6.30 Å². The molecule has 1 aliphatic heterocycles. The Morgan fingerprint density at radius 1 is 0.938 bits per heavy atom. The summed E-state index contributed by atoms with van der Waals surface area (Å²) in [6.07, 6.45) is -3.23. The van der Waals surface area contributed by atoms with Crippen molar-refractivity contribution in [1.82, 2.24) is 5.01 Å². The van der Waals surface area contributed by atoms with Gasteiger partial charge >= 0.3 is 6.30 Å². The molecule has 3 aromatic carbocycles. The van der Waals surface area contributed by atoms with Crippen molar-refractivity contribution in [1.29, 1.82) is 0 Å². The van der Waals surface area contributed by atoms with Gasteiger partial charge in [0.15, 0.2) is 5.75 Å². The summed E-state index contributed by atoms with van der Waals surface area (Å²) in [7, 11) is 3.87. The lowest BCUT2D eigenvalue weighted by atomic mass is 10.2. The van der Waals surface area contributed by atoms with E-state index in [2.05, 4.69) is 5.48 Å². The maximum Gasteiger partial charge on any atom is 0.503 e.